The van der Waals surface area contributed by atoms with Crippen LogP contribution in [0.5, 0.6) is 11.5 Å². The van der Waals surface area contributed by atoms with E-state index in [2.05, 4.69) is 25.9 Å². The fourth-order valence-electron chi connectivity index (χ4n) is 3.25. The summed E-state index contributed by atoms with van der Waals surface area (Å²) in [5.74, 6) is -1.96. The van der Waals surface area contributed by atoms with Gasteiger partial charge in [0.1, 0.15) is 5.76 Å². The molecule has 152 valence electrons. The van der Waals surface area contributed by atoms with Crippen LogP contribution in [-0.2, 0) is 9.59 Å². The van der Waals surface area contributed by atoms with Crippen molar-refractivity contribution in [2.75, 3.05) is 12.0 Å². The lowest BCUT2D eigenvalue weighted by molar-refractivity contribution is -0.132. The number of aromatic hydroxyl groups is 1. The molecule has 1 unspecified atom stereocenters. The number of pyridine rings is 1. The van der Waals surface area contributed by atoms with E-state index in [1.54, 1.807) is 11.4 Å². The summed E-state index contributed by atoms with van der Waals surface area (Å²) in [6.45, 7) is 0. The fourth-order valence-corrected chi connectivity index (χ4v) is 4.38. The lowest BCUT2D eigenvalue weighted by Crippen LogP contribution is -2.29. The van der Waals surface area contributed by atoms with E-state index in [4.69, 9.17) is 4.74 Å². The number of methoxy groups -OCH3 is 1. The zero-order valence-electron chi connectivity index (χ0n) is 15.4. The summed E-state index contributed by atoms with van der Waals surface area (Å²) < 4.78 is 5.53. The van der Waals surface area contributed by atoms with Crippen molar-refractivity contribution in [2.45, 2.75) is 6.04 Å². The molecule has 1 aliphatic heterocycles. The van der Waals surface area contributed by atoms with Crippen LogP contribution in [0.15, 0.2) is 58.3 Å². The molecule has 1 atom stereocenters. The molecule has 3 heterocycles. The highest BCUT2D eigenvalue weighted by Crippen LogP contribution is 2.46. The number of benzene rings is 1. The summed E-state index contributed by atoms with van der Waals surface area (Å²) in [6, 6.07) is 5.17. The fraction of sp³-hybridized carbons (Fsp3) is 0.100. The summed E-state index contributed by atoms with van der Waals surface area (Å²) in [7, 11) is 1.39. The van der Waals surface area contributed by atoms with Gasteiger partial charge in [-0.1, -0.05) is 0 Å². The van der Waals surface area contributed by atoms with E-state index < -0.39 is 17.7 Å². The van der Waals surface area contributed by atoms with Crippen molar-refractivity contribution in [1.82, 2.24) is 9.97 Å². The molecular weight excluding hydrogens is 474 g/mol. The molecule has 0 saturated carbocycles. The van der Waals surface area contributed by atoms with Crippen LogP contribution >= 0.6 is 27.3 Å². The number of aliphatic hydroxyl groups excluding tert-OH is 1. The SMILES string of the molecule is COc1cc(C2C(=C(O)c3ccncc3)C(=O)C(=O)N2c2nccs2)cc(Br)c1O. The molecule has 1 amide bonds. The summed E-state index contributed by atoms with van der Waals surface area (Å²) in [4.78, 5) is 35.2. The van der Waals surface area contributed by atoms with Crippen molar-refractivity contribution in [3.63, 3.8) is 0 Å². The number of phenolic OH excluding ortho intramolecular Hbond substituents is 1. The highest BCUT2D eigenvalue weighted by molar-refractivity contribution is 9.10. The first kappa shape index (κ1) is 20.0. The van der Waals surface area contributed by atoms with E-state index in [1.807, 2.05) is 0 Å². The Morgan fingerprint density at radius 2 is 1.97 bits per heavy atom. The van der Waals surface area contributed by atoms with Gasteiger partial charge in [0.2, 0.25) is 0 Å². The van der Waals surface area contributed by atoms with Gasteiger partial charge in [0.05, 0.1) is 23.2 Å². The van der Waals surface area contributed by atoms with Crippen LogP contribution in [0.3, 0.4) is 0 Å². The number of ketones is 1. The van der Waals surface area contributed by atoms with Crippen LogP contribution in [-0.4, -0.2) is 39.0 Å². The van der Waals surface area contributed by atoms with E-state index >= 15 is 0 Å². The van der Waals surface area contributed by atoms with E-state index in [0.717, 1.165) is 0 Å². The van der Waals surface area contributed by atoms with Crippen LogP contribution in [0.4, 0.5) is 5.13 Å². The number of carbonyl (C=O) groups is 2. The highest BCUT2D eigenvalue weighted by atomic mass is 79.9. The third-order valence-corrected chi connectivity index (χ3v) is 5.99. The quantitative estimate of drug-likeness (QED) is 0.328. The Morgan fingerprint density at radius 1 is 1.23 bits per heavy atom. The number of hydrogen-bond donors (Lipinski definition) is 2. The zero-order valence-corrected chi connectivity index (χ0v) is 17.8. The normalized spacial score (nSPS) is 18.1. The molecule has 0 radical (unpaired) electrons. The minimum atomic E-state index is -0.977. The van der Waals surface area contributed by atoms with Crippen LogP contribution in [0, 0.1) is 0 Å². The predicted molar refractivity (Wildman–Crippen MR) is 113 cm³/mol. The van der Waals surface area contributed by atoms with Crippen LogP contribution < -0.4 is 9.64 Å². The number of carbonyl (C=O) groups excluding carboxylic acids is 2. The summed E-state index contributed by atoms with van der Waals surface area (Å²) in [5.41, 5.74) is 0.694. The molecule has 30 heavy (non-hydrogen) atoms. The number of nitrogens with zero attached hydrogens (tertiary/aromatic N) is 3. The van der Waals surface area contributed by atoms with Crippen LogP contribution in [0.25, 0.3) is 5.76 Å². The molecule has 4 rings (SSSR count). The van der Waals surface area contributed by atoms with Gasteiger partial charge >= 0.3 is 5.91 Å². The van der Waals surface area contributed by atoms with Gasteiger partial charge < -0.3 is 14.9 Å². The van der Waals surface area contributed by atoms with Gasteiger partial charge in [-0.25, -0.2) is 4.98 Å². The van der Waals surface area contributed by atoms with Crippen molar-refractivity contribution in [3.05, 3.63) is 69.4 Å². The summed E-state index contributed by atoms with van der Waals surface area (Å²) in [6.07, 6.45) is 4.47. The van der Waals surface area contributed by atoms with Crippen molar-refractivity contribution >= 4 is 49.8 Å². The standard InChI is InChI=1S/C20H14BrN3O5S/c1-29-13-9-11(8-12(21)17(13)26)15-14(16(25)10-2-4-22-5-3-10)18(27)19(28)24(15)20-23-6-7-30-20/h2-9,15,25-26H,1H3. The van der Waals surface area contributed by atoms with Gasteiger partial charge in [-0.2, -0.15) is 0 Å². The molecule has 10 heteroatoms. The van der Waals surface area contributed by atoms with Gasteiger partial charge in [-0.3, -0.25) is 19.5 Å². The molecular formula is C20H14BrN3O5S. The van der Waals surface area contributed by atoms with Gasteiger partial charge in [-0.15, -0.1) is 11.3 Å². The van der Waals surface area contributed by atoms with Crippen molar-refractivity contribution in [1.29, 1.82) is 0 Å². The molecule has 1 saturated heterocycles. The monoisotopic (exact) mass is 487 g/mol. The van der Waals surface area contributed by atoms with E-state index in [1.165, 1.54) is 60.1 Å². The van der Waals surface area contributed by atoms with Crippen LogP contribution in [0.1, 0.15) is 17.2 Å². The number of aliphatic hydroxyl groups is 1. The first-order chi connectivity index (χ1) is 14.4. The van der Waals surface area contributed by atoms with E-state index in [9.17, 15) is 19.8 Å². The zero-order chi connectivity index (χ0) is 21.4. The Balaban J connectivity index is 1.99. The summed E-state index contributed by atoms with van der Waals surface area (Å²) >= 11 is 4.45. The Hall–Kier alpha value is -3.24. The molecule has 2 aromatic heterocycles. The number of anilines is 1. The molecule has 8 nitrogen and oxygen atoms in total. The number of aromatic nitrogens is 2. The number of ether oxygens (including phenoxy) is 1. The van der Waals surface area contributed by atoms with Gasteiger partial charge in [0.25, 0.3) is 5.78 Å². The molecule has 2 N–H and O–H groups in total. The number of thiazole rings is 1. The topological polar surface area (TPSA) is 113 Å². The Kier molecular flexibility index (Phi) is 5.27. The average Bonchev–Trinajstić information content (AvgIpc) is 3.37. The van der Waals surface area contributed by atoms with Crippen molar-refractivity contribution in [2.24, 2.45) is 0 Å². The largest absolute Gasteiger partial charge is 0.507 e. The molecule has 3 aromatic rings. The maximum Gasteiger partial charge on any atom is 0.301 e. The predicted octanol–water partition coefficient (Wildman–Crippen LogP) is 3.64. The Morgan fingerprint density at radius 3 is 2.60 bits per heavy atom. The first-order valence-corrected chi connectivity index (χ1v) is 10.3. The average molecular weight is 488 g/mol. The molecule has 0 bridgehead atoms. The maximum atomic E-state index is 13.0. The smallest absolute Gasteiger partial charge is 0.301 e. The van der Waals surface area contributed by atoms with Gasteiger partial charge in [-0.05, 0) is 45.8 Å². The Labute approximate surface area is 183 Å². The lowest BCUT2D eigenvalue weighted by Gasteiger charge is -2.24. The molecule has 1 aromatic carbocycles. The number of hydrogen-bond acceptors (Lipinski definition) is 8. The third kappa shape index (κ3) is 3.23. The minimum Gasteiger partial charge on any atom is -0.507 e. The number of rotatable bonds is 4. The second-order valence-corrected chi connectivity index (χ2v) is 8.00. The van der Waals surface area contributed by atoms with Crippen molar-refractivity contribution in [3.8, 4) is 11.5 Å². The number of amides is 1. The Bertz CT molecular complexity index is 1160. The first-order valence-electron chi connectivity index (χ1n) is 8.61. The summed E-state index contributed by atoms with van der Waals surface area (Å²) in [5, 5.41) is 23.1. The van der Waals surface area contributed by atoms with Gasteiger partial charge in [0, 0.05) is 29.5 Å². The van der Waals surface area contributed by atoms with E-state index in [0.29, 0.717) is 20.7 Å². The van der Waals surface area contributed by atoms with E-state index in [-0.39, 0.29) is 22.8 Å². The lowest BCUT2D eigenvalue weighted by atomic mass is 9.95. The number of phenols is 1. The highest BCUT2D eigenvalue weighted by Gasteiger charge is 2.48. The molecule has 0 aliphatic carbocycles. The minimum absolute atomic E-state index is 0.0963. The maximum absolute atomic E-state index is 13.0. The van der Waals surface area contributed by atoms with Gasteiger partial charge in [0.15, 0.2) is 16.6 Å². The number of halogens is 1. The second-order valence-electron chi connectivity index (χ2n) is 6.27. The van der Waals surface area contributed by atoms with Crippen molar-refractivity contribution < 1.29 is 24.5 Å². The molecule has 1 aliphatic rings. The second kappa shape index (κ2) is 7.88. The molecule has 0 spiro atoms. The van der Waals surface area contributed by atoms with Crippen LogP contribution in [0.2, 0.25) is 0 Å². The number of Topliss-reactive ketones (excluding diaryl/α,β-unsaturated/α-hetero) is 1. The third-order valence-electron chi connectivity index (χ3n) is 4.61. The molecule has 1 fully saturated rings.